The molecule has 0 bridgehead atoms. The zero-order valence-corrected chi connectivity index (χ0v) is 12.0. The van der Waals surface area contributed by atoms with Crippen LogP contribution in [0.15, 0.2) is 34.7 Å². The molecule has 0 amide bonds. The molecule has 4 heteroatoms. The van der Waals surface area contributed by atoms with Crippen molar-refractivity contribution in [1.29, 1.82) is 0 Å². The van der Waals surface area contributed by atoms with Crippen LogP contribution in [0.5, 0.6) is 0 Å². The Morgan fingerprint density at radius 1 is 1.47 bits per heavy atom. The van der Waals surface area contributed by atoms with Gasteiger partial charge in [-0.1, -0.05) is 18.2 Å². The van der Waals surface area contributed by atoms with Crippen molar-refractivity contribution >= 4 is 22.7 Å². The number of hydrogen-bond donors (Lipinski definition) is 1. The average Bonchev–Trinajstić information content (AvgIpc) is 2.85. The van der Waals surface area contributed by atoms with Gasteiger partial charge < -0.3 is 10.2 Å². The number of nitrogens with zero attached hydrogens (tertiary/aromatic N) is 1. The minimum absolute atomic E-state index is 0.197. The first-order chi connectivity index (χ1) is 9.29. The summed E-state index contributed by atoms with van der Waals surface area (Å²) >= 11 is 2.02. The zero-order valence-electron chi connectivity index (χ0n) is 11.2. The van der Waals surface area contributed by atoms with Crippen LogP contribution in [0.25, 0.3) is 11.0 Å². The summed E-state index contributed by atoms with van der Waals surface area (Å²) in [4.78, 5) is 2.48. The molecule has 1 aromatic heterocycles. The van der Waals surface area contributed by atoms with Crippen molar-refractivity contribution in [3.05, 3.63) is 36.1 Å². The molecule has 1 saturated heterocycles. The maximum Gasteiger partial charge on any atom is 0.134 e. The highest BCUT2D eigenvalue weighted by Crippen LogP contribution is 2.30. The highest BCUT2D eigenvalue weighted by molar-refractivity contribution is 7.99. The molecule has 1 aliphatic heterocycles. The molecule has 0 saturated carbocycles. The van der Waals surface area contributed by atoms with Crippen LogP contribution in [0.3, 0.4) is 0 Å². The molecule has 2 atom stereocenters. The summed E-state index contributed by atoms with van der Waals surface area (Å²) in [5, 5.41) is 1.16. The van der Waals surface area contributed by atoms with Crippen molar-refractivity contribution in [2.45, 2.75) is 19.0 Å². The fraction of sp³-hybridized carbons (Fsp3) is 0.467. The smallest absolute Gasteiger partial charge is 0.134 e. The fourth-order valence-electron chi connectivity index (χ4n) is 2.78. The summed E-state index contributed by atoms with van der Waals surface area (Å²) in [6.45, 7) is 3.97. The Balaban J connectivity index is 1.92. The van der Waals surface area contributed by atoms with Gasteiger partial charge in [-0.2, -0.15) is 11.8 Å². The topological polar surface area (TPSA) is 42.4 Å². The number of hydrogen-bond acceptors (Lipinski definition) is 4. The molecular formula is C15H20N2OS. The second kappa shape index (κ2) is 5.57. The van der Waals surface area contributed by atoms with E-state index in [4.69, 9.17) is 10.2 Å². The highest BCUT2D eigenvalue weighted by atomic mass is 32.2. The van der Waals surface area contributed by atoms with Crippen molar-refractivity contribution in [2.24, 2.45) is 5.73 Å². The van der Waals surface area contributed by atoms with Gasteiger partial charge >= 0.3 is 0 Å². The van der Waals surface area contributed by atoms with Crippen molar-refractivity contribution < 1.29 is 4.42 Å². The van der Waals surface area contributed by atoms with Crippen LogP contribution in [0.2, 0.25) is 0 Å². The highest BCUT2D eigenvalue weighted by Gasteiger charge is 2.28. The Bertz CT molecular complexity index is 521. The predicted octanol–water partition coefficient (Wildman–Crippen LogP) is 2.87. The molecule has 1 aromatic carbocycles. The maximum absolute atomic E-state index is 6.01. The van der Waals surface area contributed by atoms with E-state index >= 15 is 0 Å². The summed E-state index contributed by atoms with van der Waals surface area (Å²) in [6.07, 6.45) is 0. The molecule has 2 aromatic rings. The van der Waals surface area contributed by atoms with E-state index < -0.39 is 0 Å². The summed E-state index contributed by atoms with van der Waals surface area (Å²) in [7, 11) is 0. The number of thioether (sulfide) groups is 1. The van der Waals surface area contributed by atoms with Gasteiger partial charge in [-0.3, -0.25) is 4.90 Å². The van der Waals surface area contributed by atoms with Crippen LogP contribution in [-0.2, 0) is 0 Å². The van der Waals surface area contributed by atoms with Crippen molar-refractivity contribution in [2.75, 3.05) is 24.6 Å². The Morgan fingerprint density at radius 3 is 3.05 bits per heavy atom. The number of para-hydroxylation sites is 1. The number of rotatable bonds is 3. The Labute approximate surface area is 118 Å². The standard InChI is InChI=1S/C15H20N2OS/c1-11-10-19-7-6-17(11)13(9-16)15-8-12-4-2-3-5-14(12)18-15/h2-5,8,11,13H,6-7,9-10,16H2,1H3. The summed E-state index contributed by atoms with van der Waals surface area (Å²) in [6, 6.07) is 11.0. The van der Waals surface area contributed by atoms with Crippen molar-refractivity contribution in [1.82, 2.24) is 4.90 Å². The van der Waals surface area contributed by atoms with Crippen LogP contribution >= 0.6 is 11.8 Å². The third kappa shape index (κ3) is 2.53. The maximum atomic E-state index is 6.01. The van der Waals surface area contributed by atoms with Gasteiger partial charge in [0.2, 0.25) is 0 Å². The molecule has 1 fully saturated rings. The van der Waals surface area contributed by atoms with Gasteiger partial charge in [0.15, 0.2) is 0 Å². The van der Waals surface area contributed by atoms with E-state index in [0.29, 0.717) is 12.6 Å². The van der Waals surface area contributed by atoms with Crippen LogP contribution in [0.1, 0.15) is 18.7 Å². The lowest BCUT2D eigenvalue weighted by atomic mass is 10.1. The molecule has 0 radical (unpaired) electrons. The predicted molar refractivity (Wildman–Crippen MR) is 81.5 cm³/mol. The first kappa shape index (κ1) is 13.0. The van der Waals surface area contributed by atoms with Crippen LogP contribution < -0.4 is 5.73 Å². The lowest BCUT2D eigenvalue weighted by Gasteiger charge is -2.37. The van der Waals surface area contributed by atoms with E-state index in [-0.39, 0.29) is 6.04 Å². The minimum atomic E-state index is 0.197. The van der Waals surface area contributed by atoms with Gasteiger partial charge in [-0.25, -0.2) is 0 Å². The normalized spacial score (nSPS) is 22.7. The number of benzene rings is 1. The SMILES string of the molecule is CC1CSCCN1C(CN)c1cc2ccccc2o1. The minimum Gasteiger partial charge on any atom is -0.459 e. The first-order valence-electron chi connectivity index (χ1n) is 6.81. The molecule has 1 aliphatic rings. The van der Waals surface area contributed by atoms with Gasteiger partial charge in [-0.05, 0) is 19.1 Å². The van der Waals surface area contributed by atoms with Crippen LogP contribution in [0, 0.1) is 0 Å². The monoisotopic (exact) mass is 276 g/mol. The third-order valence-corrected chi connectivity index (χ3v) is 5.00. The number of fused-ring (bicyclic) bond motifs is 1. The molecule has 2 unspecified atom stereocenters. The third-order valence-electron chi connectivity index (χ3n) is 3.82. The number of furan rings is 1. The summed E-state index contributed by atoms with van der Waals surface area (Å²) < 4.78 is 5.99. The van der Waals surface area contributed by atoms with E-state index in [1.807, 2.05) is 30.0 Å². The van der Waals surface area contributed by atoms with Crippen molar-refractivity contribution in [3.8, 4) is 0 Å². The molecule has 0 spiro atoms. The van der Waals surface area contributed by atoms with E-state index in [1.165, 1.54) is 11.5 Å². The first-order valence-corrected chi connectivity index (χ1v) is 7.97. The van der Waals surface area contributed by atoms with Crippen LogP contribution in [-0.4, -0.2) is 35.5 Å². The molecule has 3 rings (SSSR count). The van der Waals surface area contributed by atoms with Gasteiger partial charge in [0.25, 0.3) is 0 Å². The lowest BCUT2D eigenvalue weighted by molar-refractivity contribution is 0.149. The van der Waals surface area contributed by atoms with Crippen molar-refractivity contribution in [3.63, 3.8) is 0 Å². The van der Waals surface area contributed by atoms with Gasteiger partial charge in [0.05, 0.1) is 6.04 Å². The van der Waals surface area contributed by atoms with Gasteiger partial charge in [-0.15, -0.1) is 0 Å². The molecular weight excluding hydrogens is 256 g/mol. The Hall–Kier alpha value is -0.970. The van der Waals surface area contributed by atoms with E-state index in [2.05, 4.69) is 24.0 Å². The molecule has 3 nitrogen and oxygen atoms in total. The molecule has 102 valence electrons. The van der Waals surface area contributed by atoms with Gasteiger partial charge in [0, 0.05) is 36.0 Å². The van der Waals surface area contributed by atoms with Gasteiger partial charge in [0.1, 0.15) is 11.3 Å². The Kier molecular flexibility index (Phi) is 3.82. The largest absolute Gasteiger partial charge is 0.459 e. The zero-order chi connectivity index (χ0) is 13.2. The quantitative estimate of drug-likeness (QED) is 0.936. The lowest BCUT2D eigenvalue weighted by Crippen LogP contribution is -2.45. The van der Waals surface area contributed by atoms with E-state index in [0.717, 1.165) is 23.3 Å². The Morgan fingerprint density at radius 2 is 2.32 bits per heavy atom. The van der Waals surface area contributed by atoms with E-state index in [9.17, 15) is 0 Å². The number of nitrogens with two attached hydrogens (primary N) is 1. The van der Waals surface area contributed by atoms with Crippen LogP contribution in [0.4, 0.5) is 0 Å². The summed E-state index contributed by atoms with van der Waals surface area (Å²) in [5.41, 5.74) is 6.96. The fourth-order valence-corrected chi connectivity index (χ4v) is 3.82. The molecule has 0 aliphatic carbocycles. The molecule has 2 N–H and O–H groups in total. The molecule has 19 heavy (non-hydrogen) atoms. The van der Waals surface area contributed by atoms with E-state index in [1.54, 1.807) is 0 Å². The summed E-state index contributed by atoms with van der Waals surface area (Å²) in [5.74, 6) is 3.36. The molecule has 2 heterocycles. The second-order valence-electron chi connectivity index (χ2n) is 5.10. The second-order valence-corrected chi connectivity index (χ2v) is 6.25. The average molecular weight is 276 g/mol.